The van der Waals surface area contributed by atoms with Crippen LogP contribution in [0.15, 0.2) is 48.5 Å². The highest BCUT2D eigenvalue weighted by molar-refractivity contribution is 5.42. The molecule has 0 spiro atoms. The van der Waals surface area contributed by atoms with E-state index >= 15 is 0 Å². The highest BCUT2D eigenvalue weighted by Gasteiger charge is 2.25. The summed E-state index contributed by atoms with van der Waals surface area (Å²) in [5.74, 6) is 1.23. The van der Waals surface area contributed by atoms with Gasteiger partial charge in [0.15, 0.2) is 0 Å². The van der Waals surface area contributed by atoms with Gasteiger partial charge in [0.1, 0.15) is 11.5 Å². The van der Waals surface area contributed by atoms with E-state index in [1.807, 2.05) is 30.3 Å². The van der Waals surface area contributed by atoms with Crippen LogP contribution in [0.1, 0.15) is 36.4 Å². The molecular weight excluding hydrogens is 274 g/mol. The second-order valence-corrected chi connectivity index (χ2v) is 5.83. The molecule has 0 aliphatic carbocycles. The van der Waals surface area contributed by atoms with E-state index in [0.29, 0.717) is 5.75 Å². The Balaban J connectivity index is 1.99. The molecule has 3 nitrogen and oxygen atoms in total. The van der Waals surface area contributed by atoms with Gasteiger partial charge in [-0.1, -0.05) is 36.8 Å². The molecule has 1 heterocycles. The molecule has 0 bridgehead atoms. The molecule has 1 atom stereocenters. The SMILES string of the molecule is COc1ccc([C@H](c2ccccc2O)N2CCCCC2)cc1. The van der Waals surface area contributed by atoms with Crippen molar-refractivity contribution in [3.8, 4) is 11.5 Å². The third-order valence-electron chi connectivity index (χ3n) is 4.42. The Labute approximate surface area is 132 Å². The number of nitrogens with zero attached hydrogens (tertiary/aromatic N) is 1. The molecule has 1 N–H and O–H groups in total. The molecule has 1 aliphatic rings. The fourth-order valence-corrected chi connectivity index (χ4v) is 3.27. The van der Waals surface area contributed by atoms with Crippen molar-refractivity contribution < 1.29 is 9.84 Å². The molecule has 0 saturated carbocycles. The number of rotatable bonds is 4. The summed E-state index contributed by atoms with van der Waals surface area (Å²) in [4.78, 5) is 2.47. The number of benzene rings is 2. The third kappa shape index (κ3) is 3.09. The summed E-state index contributed by atoms with van der Waals surface area (Å²) in [5.41, 5.74) is 2.18. The summed E-state index contributed by atoms with van der Waals surface area (Å²) in [6.45, 7) is 2.15. The zero-order valence-electron chi connectivity index (χ0n) is 13.0. The zero-order chi connectivity index (χ0) is 15.4. The van der Waals surface area contributed by atoms with E-state index in [2.05, 4.69) is 17.0 Å². The van der Waals surface area contributed by atoms with Crippen LogP contribution in [0.5, 0.6) is 11.5 Å². The number of piperidine rings is 1. The van der Waals surface area contributed by atoms with Gasteiger partial charge in [0.05, 0.1) is 13.2 Å². The Morgan fingerprint density at radius 3 is 2.27 bits per heavy atom. The molecular formula is C19H23NO2. The summed E-state index contributed by atoms with van der Waals surface area (Å²) in [6, 6.07) is 16.0. The maximum absolute atomic E-state index is 10.3. The van der Waals surface area contributed by atoms with Crippen LogP contribution in [0.4, 0.5) is 0 Å². The van der Waals surface area contributed by atoms with Crippen molar-refractivity contribution in [3.63, 3.8) is 0 Å². The van der Waals surface area contributed by atoms with Crippen molar-refractivity contribution in [2.45, 2.75) is 25.3 Å². The number of aromatic hydroxyl groups is 1. The van der Waals surface area contributed by atoms with Crippen LogP contribution < -0.4 is 4.74 Å². The first-order valence-corrected chi connectivity index (χ1v) is 7.95. The minimum absolute atomic E-state index is 0.104. The Hall–Kier alpha value is -2.00. The van der Waals surface area contributed by atoms with Gasteiger partial charge >= 0.3 is 0 Å². The number of hydrogen-bond donors (Lipinski definition) is 1. The third-order valence-corrected chi connectivity index (χ3v) is 4.42. The molecule has 0 aromatic heterocycles. The molecule has 3 rings (SSSR count). The van der Waals surface area contributed by atoms with Gasteiger partial charge in [0.25, 0.3) is 0 Å². The predicted octanol–water partition coefficient (Wildman–Crippen LogP) is 3.98. The summed E-state index contributed by atoms with van der Waals surface area (Å²) < 4.78 is 5.26. The van der Waals surface area contributed by atoms with E-state index in [1.54, 1.807) is 13.2 Å². The number of likely N-dealkylation sites (tertiary alicyclic amines) is 1. The van der Waals surface area contributed by atoms with Gasteiger partial charge in [-0.05, 0) is 49.7 Å². The lowest BCUT2D eigenvalue weighted by Crippen LogP contribution is -2.34. The van der Waals surface area contributed by atoms with Gasteiger partial charge in [-0.2, -0.15) is 0 Å². The molecule has 3 heteroatoms. The second-order valence-electron chi connectivity index (χ2n) is 5.83. The van der Waals surface area contributed by atoms with Crippen LogP contribution in [-0.2, 0) is 0 Å². The van der Waals surface area contributed by atoms with Crippen molar-refractivity contribution in [3.05, 3.63) is 59.7 Å². The first-order valence-electron chi connectivity index (χ1n) is 7.95. The van der Waals surface area contributed by atoms with Gasteiger partial charge < -0.3 is 9.84 Å². The molecule has 0 radical (unpaired) electrons. The minimum atomic E-state index is 0.104. The average Bonchev–Trinajstić information content (AvgIpc) is 2.58. The normalized spacial score (nSPS) is 17.1. The smallest absolute Gasteiger partial charge is 0.120 e. The molecule has 1 aliphatic heterocycles. The molecule has 2 aromatic carbocycles. The Morgan fingerprint density at radius 2 is 1.64 bits per heavy atom. The molecule has 1 saturated heterocycles. The van der Waals surface area contributed by atoms with Crippen molar-refractivity contribution in [2.24, 2.45) is 0 Å². The zero-order valence-corrected chi connectivity index (χ0v) is 13.0. The number of ether oxygens (including phenoxy) is 1. The van der Waals surface area contributed by atoms with Gasteiger partial charge in [-0.25, -0.2) is 0 Å². The van der Waals surface area contributed by atoms with Crippen LogP contribution in [0.3, 0.4) is 0 Å². The van der Waals surface area contributed by atoms with E-state index in [4.69, 9.17) is 4.74 Å². The number of hydrogen-bond acceptors (Lipinski definition) is 3. The van der Waals surface area contributed by atoms with Crippen LogP contribution in [0.2, 0.25) is 0 Å². The largest absolute Gasteiger partial charge is 0.508 e. The first kappa shape index (κ1) is 14.9. The fraction of sp³-hybridized carbons (Fsp3) is 0.368. The van der Waals surface area contributed by atoms with Crippen LogP contribution >= 0.6 is 0 Å². The first-order chi connectivity index (χ1) is 10.8. The monoisotopic (exact) mass is 297 g/mol. The minimum Gasteiger partial charge on any atom is -0.508 e. The van der Waals surface area contributed by atoms with Crippen molar-refractivity contribution >= 4 is 0 Å². The molecule has 22 heavy (non-hydrogen) atoms. The number of phenols is 1. The van der Waals surface area contributed by atoms with Gasteiger partial charge in [0, 0.05) is 5.56 Å². The molecule has 2 aromatic rings. The summed E-state index contributed by atoms with van der Waals surface area (Å²) in [5, 5.41) is 10.3. The lowest BCUT2D eigenvalue weighted by molar-refractivity contribution is 0.185. The van der Waals surface area contributed by atoms with Crippen LogP contribution in [0, 0.1) is 0 Å². The van der Waals surface area contributed by atoms with Gasteiger partial charge in [0.2, 0.25) is 0 Å². The maximum Gasteiger partial charge on any atom is 0.120 e. The number of methoxy groups -OCH3 is 1. The summed E-state index contributed by atoms with van der Waals surface area (Å²) in [7, 11) is 1.68. The summed E-state index contributed by atoms with van der Waals surface area (Å²) in [6.07, 6.45) is 3.74. The summed E-state index contributed by atoms with van der Waals surface area (Å²) >= 11 is 0. The van der Waals surface area contributed by atoms with Crippen molar-refractivity contribution in [2.75, 3.05) is 20.2 Å². The highest BCUT2D eigenvalue weighted by atomic mass is 16.5. The standard InChI is InChI=1S/C19H23NO2/c1-22-16-11-9-15(10-12-16)19(20-13-5-2-6-14-20)17-7-3-4-8-18(17)21/h3-4,7-12,19,21H,2,5-6,13-14H2,1H3/t19-/m1/s1. The quantitative estimate of drug-likeness (QED) is 0.926. The van der Waals surface area contributed by atoms with E-state index < -0.39 is 0 Å². The molecule has 1 fully saturated rings. The molecule has 0 amide bonds. The molecule has 116 valence electrons. The van der Waals surface area contributed by atoms with Crippen LogP contribution in [-0.4, -0.2) is 30.2 Å². The lowest BCUT2D eigenvalue weighted by Gasteiger charge is -2.35. The van der Waals surface area contributed by atoms with Crippen molar-refractivity contribution in [1.82, 2.24) is 4.90 Å². The van der Waals surface area contributed by atoms with Crippen LogP contribution in [0.25, 0.3) is 0 Å². The predicted molar refractivity (Wildman–Crippen MR) is 88.4 cm³/mol. The van der Waals surface area contributed by atoms with E-state index in [1.165, 1.54) is 24.8 Å². The average molecular weight is 297 g/mol. The lowest BCUT2D eigenvalue weighted by atomic mass is 9.94. The van der Waals surface area contributed by atoms with E-state index in [-0.39, 0.29) is 6.04 Å². The Morgan fingerprint density at radius 1 is 0.955 bits per heavy atom. The topological polar surface area (TPSA) is 32.7 Å². The highest BCUT2D eigenvalue weighted by Crippen LogP contribution is 2.36. The van der Waals surface area contributed by atoms with E-state index in [0.717, 1.165) is 24.4 Å². The molecule has 0 unspecified atom stereocenters. The van der Waals surface area contributed by atoms with Gasteiger partial charge in [-0.15, -0.1) is 0 Å². The van der Waals surface area contributed by atoms with E-state index in [9.17, 15) is 5.11 Å². The van der Waals surface area contributed by atoms with Crippen molar-refractivity contribution in [1.29, 1.82) is 0 Å². The maximum atomic E-state index is 10.3. The fourth-order valence-electron chi connectivity index (χ4n) is 3.27. The Bertz CT molecular complexity index is 603. The number of phenolic OH excluding ortho intramolecular Hbond substituents is 1. The second kappa shape index (κ2) is 6.84. The Kier molecular flexibility index (Phi) is 4.64. The number of para-hydroxylation sites is 1. The van der Waals surface area contributed by atoms with Gasteiger partial charge in [-0.3, -0.25) is 4.90 Å².